The molecule has 0 spiro atoms. The molecular formula is C17H14FN5O2. The zero-order valence-electron chi connectivity index (χ0n) is 13.3. The molecule has 0 aliphatic rings. The molecule has 7 nitrogen and oxygen atoms in total. The smallest absolute Gasteiger partial charge is 0.308 e. The predicted molar refractivity (Wildman–Crippen MR) is 89.4 cm³/mol. The number of aliphatic carboxylic acids is 1. The van der Waals surface area contributed by atoms with E-state index >= 15 is 0 Å². The van der Waals surface area contributed by atoms with Gasteiger partial charge in [-0.3, -0.25) is 4.79 Å². The first-order valence-corrected chi connectivity index (χ1v) is 7.69. The van der Waals surface area contributed by atoms with Crippen molar-refractivity contribution in [3.05, 3.63) is 43.0 Å². The van der Waals surface area contributed by atoms with E-state index in [4.69, 9.17) is 0 Å². The topological polar surface area (TPSA) is 96.7 Å². The highest BCUT2D eigenvalue weighted by molar-refractivity contribution is 6.03. The van der Waals surface area contributed by atoms with Gasteiger partial charge in [0.05, 0.1) is 12.1 Å². The van der Waals surface area contributed by atoms with E-state index in [1.807, 2.05) is 6.20 Å². The number of carboxylic acid groups (broad SMARTS) is 1. The minimum absolute atomic E-state index is 0.276. The SMILES string of the molecule is CC(Cn1cc(-c2c[nH]c3ncc(F)cc23)c2cncnc21)C(=O)O. The molecule has 4 aromatic rings. The van der Waals surface area contributed by atoms with Crippen molar-refractivity contribution < 1.29 is 14.3 Å². The fourth-order valence-electron chi connectivity index (χ4n) is 2.96. The number of pyridine rings is 1. The Bertz CT molecular complexity index is 1100. The van der Waals surface area contributed by atoms with E-state index < -0.39 is 17.7 Å². The maximum atomic E-state index is 13.6. The molecular weight excluding hydrogens is 325 g/mol. The lowest BCUT2D eigenvalue weighted by Gasteiger charge is -2.07. The van der Waals surface area contributed by atoms with Crippen LogP contribution >= 0.6 is 0 Å². The Balaban J connectivity index is 1.92. The molecule has 0 amide bonds. The molecule has 0 radical (unpaired) electrons. The maximum Gasteiger partial charge on any atom is 0.308 e. The minimum atomic E-state index is -0.879. The Hall–Kier alpha value is -3.29. The normalized spacial score (nSPS) is 12.7. The second-order valence-electron chi connectivity index (χ2n) is 5.95. The second-order valence-corrected chi connectivity index (χ2v) is 5.95. The molecule has 126 valence electrons. The van der Waals surface area contributed by atoms with E-state index in [-0.39, 0.29) is 6.54 Å². The van der Waals surface area contributed by atoms with Gasteiger partial charge in [0, 0.05) is 47.0 Å². The van der Waals surface area contributed by atoms with E-state index in [0.29, 0.717) is 16.7 Å². The number of aromatic nitrogens is 5. The summed E-state index contributed by atoms with van der Waals surface area (Å²) in [5.41, 5.74) is 2.78. The van der Waals surface area contributed by atoms with E-state index in [1.54, 1.807) is 23.9 Å². The highest BCUT2D eigenvalue weighted by Gasteiger charge is 2.19. The Morgan fingerprint density at radius 1 is 1.32 bits per heavy atom. The summed E-state index contributed by atoms with van der Waals surface area (Å²) in [4.78, 5) is 26.6. The molecule has 0 aliphatic carbocycles. The molecule has 4 heterocycles. The number of H-pyrrole nitrogens is 1. The highest BCUT2D eigenvalue weighted by Crippen LogP contribution is 2.34. The minimum Gasteiger partial charge on any atom is -0.481 e. The van der Waals surface area contributed by atoms with Crippen LogP contribution in [0.5, 0.6) is 0 Å². The Kier molecular flexibility index (Phi) is 3.45. The molecule has 0 fully saturated rings. The number of aromatic amines is 1. The lowest BCUT2D eigenvalue weighted by Crippen LogP contribution is -2.16. The first-order valence-electron chi connectivity index (χ1n) is 7.69. The van der Waals surface area contributed by atoms with Crippen LogP contribution in [0.3, 0.4) is 0 Å². The molecule has 0 saturated heterocycles. The fraction of sp³-hybridized carbons (Fsp3) is 0.176. The van der Waals surface area contributed by atoms with Crippen molar-refractivity contribution >= 4 is 28.0 Å². The van der Waals surface area contributed by atoms with Crippen LogP contribution < -0.4 is 0 Å². The third kappa shape index (κ3) is 2.51. The Morgan fingerprint density at radius 2 is 2.16 bits per heavy atom. The number of hydrogen-bond donors (Lipinski definition) is 2. The summed E-state index contributed by atoms with van der Waals surface area (Å²) in [6.07, 6.45) is 7.83. The monoisotopic (exact) mass is 339 g/mol. The first kappa shape index (κ1) is 15.3. The molecule has 4 aromatic heterocycles. The quantitative estimate of drug-likeness (QED) is 0.596. The van der Waals surface area contributed by atoms with E-state index in [0.717, 1.165) is 22.7 Å². The second kappa shape index (κ2) is 5.66. The van der Waals surface area contributed by atoms with Gasteiger partial charge < -0.3 is 14.7 Å². The van der Waals surface area contributed by atoms with Crippen molar-refractivity contribution in [2.45, 2.75) is 13.5 Å². The Morgan fingerprint density at radius 3 is 2.96 bits per heavy atom. The van der Waals surface area contributed by atoms with Gasteiger partial charge >= 0.3 is 5.97 Å². The molecule has 1 unspecified atom stereocenters. The maximum absolute atomic E-state index is 13.6. The van der Waals surface area contributed by atoms with Crippen LogP contribution in [0.2, 0.25) is 0 Å². The van der Waals surface area contributed by atoms with Gasteiger partial charge in [-0.2, -0.15) is 0 Å². The van der Waals surface area contributed by atoms with Gasteiger partial charge in [-0.1, -0.05) is 6.92 Å². The third-order valence-electron chi connectivity index (χ3n) is 4.22. The molecule has 1 atom stereocenters. The van der Waals surface area contributed by atoms with Gasteiger partial charge in [0.15, 0.2) is 0 Å². The summed E-state index contributed by atoms with van der Waals surface area (Å²) in [6.45, 7) is 1.91. The van der Waals surface area contributed by atoms with Crippen molar-refractivity contribution in [3.63, 3.8) is 0 Å². The summed E-state index contributed by atoms with van der Waals surface area (Å²) >= 11 is 0. The zero-order chi connectivity index (χ0) is 17.6. The van der Waals surface area contributed by atoms with Crippen LogP contribution in [-0.4, -0.2) is 35.6 Å². The standard InChI is InChI=1S/C17H14FN5O2/c1-9(17(24)25)6-23-7-14(13-4-19-8-22-16(13)23)12-5-21-15-11(12)2-10(18)3-20-15/h2-5,7-9H,6H2,1H3,(H,20,21)(H,24,25). The van der Waals surface area contributed by atoms with Crippen LogP contribution in [0.25, 0.3) is 33.2 Å². The van der Waals surface area contributed by atoms with Gasteiger partial charge in [-0.05, 0) is 6.07 Å². The highest BCUT2D eigenvalue weighted by atomic mass is 19.1. The summed E-state index contributed by atoms with van der Waals surface area (Å²) in [7, 11) is 0. The summed E-state index contributed by atoms with van der Waals surface area (Å²) < 4.78 is 15.4. The average molecular weight is 339 g/mol. The lowest BCUT2D eigenvalue weighted by atomic mass is 10.1. The summed E-state index contributed by atoms with van der Waals surface area (Å²) in [6, 6.07) is 1.42. The molecule has 4 rings (SSSR count). The van der Waals surface area contributed by atoms with Crippen LogP contribution in [0, 0.1) is 11.7 Å². The molecule has 0 bridgehead atoms. The van der Waals surface area contributed by atoms with Gasteiger partial charge in [0.25, 0.3) is 0 Å². The number of halogens is 1. The van der Waals surface area contributed by atoms with E-state index in [2.05, 4.69) is 19.9 Å². The summed E-state index contributed by atoms with van der Waals surface area (Å²) in [5, 5.41) is 10.6. The fourth-order valence-corrected chi connectivity index (χ4v) is 2.96. The number of nitrogens with zero attached hydrogens (tertiary/aromatic N) is 4. The van der Waals surface area contributed by atoms with Crippen LogP contribution in [-0.2, 0) is 11.3 Å². The zero-order valence-corrected chi connectivity index (χ0v) is 13.3. The van der Waals surface area contributed by atoms with Gasteiger partial charge in [-0.25, -0.2) is 19.3 Å². The average Bonchev–Trinajstić information content (AvgIpc) is 3.16. The van der Waals surface area contributed by atoms with E-state index in [1.165, 1.54) is 12.4 Å². The lowest BCUT2D eigenvalue weighted by molar-refractivity contribution is -0.141. The molecule has 2 N–H and O–H groups in total. The molecule has 0 aromatic carbocycles. The summed E-state index contributed by atoms with van der Waals surface area (Å²) in [5.74, 6) is -1.87. The number of carboxylic acids is 1. The molecule has 0 aliphatic heterocycles. The van der Waals surface area contributed by atoms with Gasteiger partial charge in [-0.15, -0.1) is 0 Å². The van der Waals surface area contributed by atoms with Crippen molar-refractivity contribution in [2.24, 2.45) is 5.92 Å². The number of carbonyl (C=O) groups is 1. The van der Waals surface area contributed by atoms with Gasteiger partial charge in [0.2, 0.25) is 0 Å². The molecule has 8 heteroatoms. The van der Waals surface area contributed by atoms with Gasteiger partial charge in [0.1, 0.15) is 23.4 Å². The first-order chi connectivity index (χ1) is 12.0. The van der Waals surface area contributed by atoms with Crippen molar-refractivity contribution in [1.82, 2.24) is 24.5 Å². The Labute approximate surface area is 141 Å². The largest absolute Gasteiger partial charge is 0.481 e. The van der Waals surface area contributed by atoms with Crippen LogP contribution in [0.15, 0.2) is 37.2 Å². The number of rotatable bonds is 4. The van der Waals surface area contributed by atoms with Crippen LogP contribution in [0.1, 0.15) is 6.92 Å². The van der Waals surface area contributed by atoms with Crippen molar-refractivity contribution in [1.29, 1.82) is 0 Å². The predicted octanol–water partition coefficient (Wildman–Crippen LogP) is 2.83. The number of nitrogens with one attached hydrogen (secondary N) is 1. The number of hydrogen-bond acceptors (Lipinski definition) is 4. The third-order valence-corrected chi connectivity index (χ3v) is 4.22. The van der Waals surface area contributed by atoms with Crippen molar-refractivity contribution in [3.8, 4) is 11.1 Å². The van der Waals surface area contributed by atoms with Crippen LogP contribution in [0.4, 0.5) is 4.39 Å². The molecule has 0 saturated carbocycles. The van der Waals surface area contributed by atoms with Crippen molar-refractivity contribution in [2.75, 3.05) is 0 Å². The molecule has 25 heavy (non-hydrogen) atoms. The number of fused-ring (bicyclic) bond motifs is 2. The van der Waals surface area contributed by atoms with E-state index in [9.17, 15) is 14.3 Å².